The number of amides is 1. The highest BCUT2D eigenvalue weighted by atomic mass is 16.5. The number of benzene rings is 2. The quantitative estimate of drug-likeness (QED) is 0.570. The van der Waals surface area contributed by atoms with E-state index in [1.165, 1.54) is 12.0 Å². The van der Waals surface area contributed by atoms with E-state index in [1.54, 1.807) is 45.4 Å². The lowest BCUT2D eigenvalue weighted by Gasteiger charge is -2.18. The van der Waals surface area contributed by atoms with Crippen molar-refractivity contribution in [2.45, 2.75) is 13.8 Å². The van der Waals surface area contributed by atoms with Crippen LogP contribution in [0, 0.1) is 6.92 Å². The first-order valence-electron chi connectivity index (χ1n) is 9.05. The Hall–Kier alpha value is -3.54. The summed E-state index contributed by atoms with van der Waals surface area (Å²) in [6.07, 6.45) is 1.63. The van der Waals surface area contributed by atoms with Crippen molar-refractivity contribution in [2.24, 2.45) is 0 Å². The average molecular weight is 393 g/mol. The second-order valence-corrected chi connectivity index (χ2v) is 6.60. The molecule has 150 valence electrons. The van der Waals surface area contributed by atoms with E-state index in [0.717, 1.165) is 5.56 Å². The third kappa shape index (κ3) is 3.74. The van der Waals surface area contributed by atoms with Gasteiger partial charge in [-0.2, -0.15) is 0 Å². The fourth-order valence-electron chi connectivity index (χ4n) is 3.37. The number of methoxy groups -OCH3 is 3. The summed E-state index contributed by atoms with van der Waals surface area (Å²) in [6, 6.07) is 12.8. The molecule has 1 amide bonds. The summed E-state index contributed by atoms with van der Waals surface area (Å²) in [5.41, 5.74) is 3.30. The van der Waals surface area contributed by atoms with Gasteiger partial charge in [0.1, 0.15) is 11.5 Å². The molecule has 0 N–H and O–H groups in total. The van der Waals surface area contributed by atoms with Crippen molar-refractivity contribution in [1.82, 2.24) is 0 Å². The fourth-order valence-corrected chi connectivity index (χ4v) is 3.37. The van der Waals surface area contributed by atoms with Crippen molar-refractivity contribution >= 4 is 23.6 Å². The molecule has 3 rings (SSSR count). The zero-order chi connectivity index (χ0) is 21.1. The summed E-state index contributed by atoms with van der Waals surface area (Å²) in [7, 11) is 4.40. The number of anilines is 1. The Balaban J connectivity index is 2.19. The Morgan fingerprint density at radius 1 is 1.00 bits per heavy atom. The first kappa shape index (κ1) is 20.2. The minimum absolute atomic E-state index is 0.226. The van der Waals surface area contributed by atoms with Gasteiger partial charge in [0.05, 0.1) is 32.5 Å². The number of nitrogens with zero attached hydrogens (tertiary/aromatic N) is 1. The largest absolute Gasteiger partial charge is 0.497 e. The molecule has 2 aromatic rings. The van der Waals surface area contributed by atoms with E-state index in [1.807, 2.05) is 31.2 Å². The Bertz CT molecular complexity index is 1040. The standard InChI is InChI=1S/C23H23NO5/c1-14-7-6-8-17(11-14)24-15(2)21(23(26)29-5)19(22(24)25)13-16-12-18(27-3)9-10-20(16)28-4/h6-13H,1-5H3/b19-13-. The van der Waals surface area contributed by atoms with Gasteiger partial charge in [-0.25, -0.2) is 4.79 Å². The molecular formula is C23H23NO5. The smallest absolute Gasteiger partial charge is 0.340 e. The van der Waals surface area contributed by atoms with Crippen LogP contribution in [0.1, 0.15) is 18.1 Å². The van der Waals surface area contributed by atoms with Crippen molar-refractivity contribution < 1.29 is 23.8 Å². The Morgan fingerprint density at radius 2 is 1.76 bits per heavy atom. The van der Waals surface area contributed by atoms with E-state index in [-0.39, 0.29) is 17.1 Å². The summed E-state index contributed by atoms with van der Waals surface area (Å²) in [5, 5.41) is 0. The number of ether oxygens (including phenoxy) is 3. The molecule has 2 aromatic carbocycles. The summed E-state index contributed by atoms with van der Waals surface area (Å²) < 4.78 is 15.6. The molecule has 6 heteroatoms. The van der Waals surface area contributed by atoms with Gasteiger partial charge in [-0.15, -0.1) is 0 Å². The zero-order valence-corrected chi connectivity index (χ0v) is 17.1. The van der Waals surface area contributed by atoms with Crippen LogP contribution in [0.25, 0.3) is 6.08 Å². The second kappa shape index (κ2) is 8.22. The van der Waals surface area contributed by atoms with E-state index < -0.39 is 5.97 Å². The lowest BCUT2D eigenvalue weighted by molar-refractivity contribution is -0.136. The summed E-state index contributed by atoms with van der Waals surface area (Å²) in [5.74, 6) is 0.290. The lowest BCUT2D eigenvalue weighted by atomic mass is 10.0. The maximum absolute atomic E-state index is 13.4. The molecule has 29 heavy (non-hydrogen) atoms. The molecule has 1 aliphatic heterocycles. The van der Waals surface area contributed by atoms with Gasteiger partial charge >= 0.3 is 5.97 Å². The number of aryl methyl sites for hydroxylation is 1. The Morgan fingerprint density at radius 3 is 2.38 bits per heavy atom. The monoisotopic (exact) mass is 393 g/mol. The summed E-state index contributed by atoms with van der Waals surface area (Å²) in [6.45, 7) is 3.68. The average Bonchev–Trinajstić information content (AvgIpc) is 2.96. The van der Waals surface area contributed by atoms with Crippen LogP contribution in [0.5, 0.6) is 11.5 Å². The molecule has 0 atom stereocenters. The summed E-state index contributed by atoms with van der Waals surface area (Å²) in [4.78, 5) is 27.4. The molecule has 0 bridgehead atoms. The minimum atomic E-state index is -0.570. The highest BCUT2D eigenvalue weighted by molar-refractivity contribution is 6.24. The van der Waals surface area contributed by atoms with Crippen LogP contribution in [-0.4, -0.2) is 33.2 Å². The van der Waals surface area contributed by atoms with Gasteiger partial charge in [-0.3, -0.25) is 9.69 Å². The van der Waals surface area contributed by atoms with Crippen molar-refractivity contribution in [3.63, 3.8) is 0 Å². The maximum atomic E-state index is 13.4. The molecule has 0 saturated carbocycles. The Kier molecular flexibility index (Phi) is 5.73. The molecule has 0 radical (unpaired) electrons. The third-order valence-corrected chi connectivity index (χ3v) is 4.79. The van der Waals surface area contributed by atoms with Crippen LogP contribution < -0.4 is 14.4 Å². The van der Waals surface area contributed by atoms with E-state index in [0.29, 0.717) is 28.4 Å². The molecule has 0 saturated heterocycles. The number of hydrogen-bond donors (Lipinski definition) is 0. The van der Waals surface area contributed by atoms with Crippen molar-refractivity contribution in [1.29, 1.82) is 0 Å². The van der Waals surface area contributed by atoms with E-state index in [2.05, 4.69) is 0 Å². The highest BCUT2D eigenvalue weighted by Crippen LogP contribution is 2.37. The molecule has 0 fully saturated rings. The van der Waals surface area contributed by atoms with Crippen molar-refractivity contribution in [3.8, 4) is 11.5 Å². The number of hydrogen-bond acceptors (Lipinski definition) is 5. The lowest BCUT2D eigenvalue weighted by Crippen LogP contribution is -2.24. The number of carbonyl (C=O) groups is 2. The first-order chi connectivity index (χ1) is 13.9. The molecule has 0 aromatic heterocycles. The minimum Gasteiger partial charge on any atom is -0.497 e. The number of esters is 1. The van der Waals surface area contributed by atoms with Crippen LogP contribution in [0.4, 0.5) is 5.69 Å². The third-order valence-electron chi connectivity index (χ3n) is 4.79. The predicted molar refractivity (Wildman–Crippen MR) is 111 cm³/mol. The second-order valence-electron chi connectivity index (χ2n) is 6.60. The topological polar surface area (TPSA) is 65.1 Å². The number of carbonyl (C=O) groups excluding carboxylic acids is 2. The molecule has 6 nitrogen and oxygen atoms in total. The van der Waals surface area contributed by atoms with Crippen LogP contribution in [0.15, 0.2) is 59.3 Å². The van der Waals surface area contributed by atoms with E-state index in [4.69, 9.17) is 14.2 Å². The molecule has 0 unspecified atom stereocenters. The molecule has 0 aliphatic carbocycles. The van der Waals surface area contributed by atoms with E-state index >= 15 is 0 Å². The van der Waals surface area contributed by atoms with Gasteiger partial charge in [0, 0.05) is 16.9 Å². The van der Waals surface area contributed by atoms with Gasteiger partial charge in [-0.05, 0) is 55.8 Å². The maximum Gasteiger partial charge on any atom is 0.340 e. The van der Waals surface area contributed by atoms with Crippen molar-refractivity contribution in [3.05, 3.63) is 70.4 Å². The molecule has 1 heterocycles. The van der Waals surface area contributed by atoms with Crippen molar-refractivity contribution in [2.75, 3.05) is 26.2 Å². The van der Waals surface area contributed by atoms with Crippen LogP contribution in [-0.2, 0) is 14.3 Å². The van der Waals surface area contributed by atoms with Gasteiger partial charge in [0.2, 0.25) is 0 Å². The van der Waals surface area contributed by atoms with Crippen LogP contribution >= 0.6 is 0 Å². The van der Waals surface area contributed by atoms with Crippen LogP contribution in [0.2, 0.25) is 0 Å². The normalized spacial score (nSPS) is 15.1. The summed E-state index contributed by atoms with van der Waals surface area (Å²) >= 11 is 0. The first-order valence-corrected chi connectivity index (χ1v) is 9.05. The Labute approximate surface area is 170 Å². The SMILES string of the molecule is COC(=O)C1=C(C)N(c2cccc(C)c2)C(=O)/C1=C\c1cc(OC)ccc1OC. The van der Waals surface area contributed by atoms with Gasteiger partial charge in [0.25, 0.3) is 5.91 Å². The molecule has 0 spiro atoms. The predicted octanol–water partition coefficient (Wildman–Crippen LogP) is 3.89. The molecular weight excluding hydrogens is 370 g/mol. The highest BCUT2D eigenvalue weighted by Gasteiger charge is 2.38. The van der Waals surface area contributed by atoms with Gasteiger partial charge in [0.15, 0.2) is 0 Å². The van der Waals surface area contributed by atoms with E-state index in [9.17, 15) is 9.59 Å². The fraction of sp³-hybridized carbons (Fsp3) is 0.217. The van der Waals surface area contributed by atoms with Crippen LogP contribution in [0.3, 0.4) is 0 Å². The van der Waals surface area contributed by atoms with Gasteiger partial charge < -0.3 is 14.2 Å². The zero-order valence-electron chi connectivity index (χ0n) is 17.1. The number of rotatable bonds is 5. The number of allylic oxidation sites excluding steroid dienone is 1. The molecule has 1 aliphatic rings. The van der Waals surface area contributed by atoms with Gasteiger partial charge in [-0.1, -0.05) is 12.1 Å².